The first-order valence-corrected chi connectivity index (χ1v) is 18.7. The summed E-state index contributed by atoms with van der Waals surface area (Å²) in [6, 6.07) is 27.8. The average molecular weight is 750 g/mol. The highest BCUT2D eigenvalue weighted by molar-refractivity contribution is 5.88. The molecule has 2 N–H and O–H groups in total. The Morgan fingerprint density at radius 3 is 2.45 bits per heavy atom. The van der Waals surface area contributed by atoms with Crippen LogP contribution in [0, 0.1) is 6.92 Å². The van der Waals surface area contributed by atoms with E-state index >= 15 is 0 Å². The molecule has 0 saturated carbocycles. The van der Waals surface area contributed by atoms with Crippen molar-refractivity contribution in [1.82, 2.24) is 19.7 Å². The Bertz CT molecular complexity index is 2110. The SMILES string of the molecule is COc1cccc(Cn2c(C)cc(OCc3ccccc3CNC(=O)Nc3cc(C(C)(C)C)nn3-c3cccc(OCCOC4CCCCO4)c3)cc2=O)c1. The van der Waals surface area contributed by atoms with Crippen LogP contribution in [0.3, 0.4) is 0 Å². The van der Waals surface area contributed by atoms with E-state index in [2.05, 4.69) is 31.4 Å². The highest BCUT2D eigenvalue weighted by atomic mass is 16.7. The first-order chi connectivity index (χ1) is 26.6. The molecule has 1 unspecified atom stereocenters. The molecule has 0 bridgehead atoms. The van der Waals surface area contributed by atoms with Gasteiger partial charge < -0.3 is 33.6 Å². The molecule has 290 valence electrons. The van der Waals surface area contributed by atoms with Gasteiger partial charge in [0, 0.05) is 42.5 Å². The van der Waals surface area contributed by atoms with Gasteiger partial charge in [0.05, 0.1) is 31.6 Å². The summed E-state index contributed by atoms with van der Waals surface area (Å²) < 4.78 is 32.3. The van der Waals surface area contributed by atoms with E-state index in [-0.39, 0.29) is 36.4 Å². The molecule has 1 saturated heterocycles. The molecule has 0 radical (unpaired) electrons. The lowest BCUT2D eigenvalue weighted by atomic mass is 9.92. The van der Waals surface area contributed by atoms with Crippen molar-refractivity contribution in [3.63, 3.8) is 0 Å². The number of anilines is 1. The van der Waals surface area contributed by atoms with Crippen LogP contribution in [-0.2, 0) is 34.6 Å². The smallest absolute Gasteiger partial charge is 0.320 e. The average Bonchev–Trinajstić information content (AvgIpc) is 3.62. The molecule has 1 aliphatic heterocycles. The Labute approximate surface area is 322 Å². The molecule has 2 amide bonds. The minimum Gasteiger partial charge on any atom is -0.497 e. The highest BCUT2D eigenvalue weighted by Crippen LogP contribution is 2.28. The summed E-state index contributed by atoms with van der Waals surface area (Å²) in [7, 11) is 1.62. The van der Waals surface area contributed by atoms with E-state index in [1.807, 2.05) is 91.9 Å². The molecular weight excluding hydrogens is 699 g/mol. The summed E-state index contributed by atoms with van der Waals surface area (Å²) >= 11 is 0. The summed E-state index contributed by atoms with van der Waals surface area (Å²) in [6.45, 7) is 10.5. The molecule has 6 rings (SSSR count). The van der Waals surface area contributed by atoms with E-state index in [4.69, 9.17) is 28.8 Å². The Morgan fingerprint density at radius 2 is 1.69 bits per heavy atom. The maximum atomic E-state index is 13.4. The number of ether oxygens (including phenoxy) is 5. The van der Waals surface area contributed by atoms with E-state index in [0.29, 0.717) is 37.1 Å². The molecule has 0 spiro atoms. The van der Waals surface area contributed by atoms with Crippen LogP contribution < -0.4 is 30.4 Å². The summed E-state index contributed by atoms with van der Waals surface area (Å²) in [5.41, 5.74) is 4.65. The molecule has 1 atom stereocenters. The van der Waals surface area contributed by atoms with Gasteiger partial charge >= 0.3 is 6.03 Å². The Hall–Kier alpha value is -5.59. The van der Waals surface area contributed by atoms with Crippen molar-refractivity contribution in [2.24, 2.45) is 0 Å². The van der Waals surface area contributed by atoms with Gasteiger partial charge in [-0.1, -0.05) is 63.2 Å². The standard InChI is InChI=1S/C43H51N5O7/c1-30-22-37(25-40(49)47(30)28-31-12-10-16-35(23-31)51-5)55-29-33-14-7-6-13-32(33)27-44-42(50)45-39-26-38(43(2,3)4)46-48(39)34-15-11-17-36(24-34)52-20-21-54-41-18-8-9-19-53-41/h6-7,10-17,22-26,41H,8-9,18-21,27-29H2,1-5H3,(H2,44,45,50). The minimum atomic E-state index is -0.387. The summed E-state index contributed by atoms with van der Waals surface area (Å²) in [6.07, 6.45) is 2.92. The number of hydrogen-bond acceptors (Lipinski definition) is 8. The number of urea groups is 1. The third-order valence-corrected chi connectivity index (χ3v) is 9.31. The molecule has 5 aromatic rings. The summed E-state index contributed by atoms with van der Waals surface area (Å²) in [5.74, 6) is 2.40. The minimum absolute atomic E-state index is 0.160. The van der Waals surface area contributed by atoms with E-state index in [1.165, 1.54) is 6.07 Å². The number of carbonyl (C=O) groups is 1. The highest BCUT2D eigenvalue weighted by Gasteiger charge is 2.22. The van der Waals surface area contributed by atoms with Crippen LogP contribution in [0.25, 0.3) is 5.69 Å². The number of methoxy groups -OCH3 is 1. The number of pyridine rings is 1. The fourth-order valence-electron chi connectivity index (χ4n) is 6.23. The van der Waals surface area contributed by atoms with Crippen LogP contribution in [0.1, 0.15) is 68.1 Å². The van der Waals surface area contributed by atoms with Crippen molar-refractivity contribution in [2.45, 2.75) is 78.4 Å². The van der Waals surface area contributed by atoms with Crippen molar-refractivity contribution in [3.05, 3.63) is 129 Å². The number of rotatable bonds is 15. The van der Waals surface area contributed by atoms with Gasteiger partial charge in [-0.3, -0.25) is 10.1 Å². The monoisotopic (exact) mass is 749 g/mol. The Kier molecular flexibility index (Phi) is 12.9. The number of hydrogen-bond donors (Lipinski definition) is 2. The first-order valence-electron chi connectivity index (χ1n) is 18.7. The molecular formula is C43H51N5O7. The van der Waals surface area contributed by atoms with Crippen molar-refractivity contribution in [2.75, 3.05) is 32.2 Å². The lowest BCUT2D eigenvalue weighted by molar-refractivity contribution is -0.165. The fraction of sp³-hybridized carbons (Fsp3) is 0.372. The van der Waals surface area contributed by atoms with Gasteiger partial charge in [-0.05, 0) is 73.2 Å². The number of aryl methyl sites for hydroxylation is 1. The first kappa shape index (κ1) is 39.1. The van der Waals surface area contributed by atoms with E-state index in [1.54, 1.807) is 16.4 Å². The Balaban J connectivity index is 1.07. The second-order valence-corrected chi connectivity index (χ2v) is 14.6. The fourth-order valence-corrected chi connectivity index (χ4v) is 6.23. The molecule has 12 nitrogen and oxygen atoms in total. The van der Waals surface area contributed by atoms with E-state index in [9.17, 15) is 9.59 Å². The zero-order valence-corrected chi connectivity index (χ0v) is 32.3. The molecule has 3 heterocycles. The quantitative estimate of drug-likeness (QED) is 0.105. The maximum Gasteiger partial charge on any atom is 0.320 e. The predicted octanol–water partition coefficient (Wildman–Crippen LogP) is 7.52. The van der Waals surface area contributed by atoms with Crippen molar-refractivity contribution < 1.29 is 28.5 Å². The lowest BCUT2D eigenvalue weighted by Gasteiger charge is -2.22. The third kappa shape index (κ3) is 10.8. The van der Waals surface area contributed by atoms with Gasteiger partial charge in [-0.2, -0.15) is 5.10 Å². The molecule has 0 aliphatic carbocycles. The Morgan fingerprint density at radius 1 is 0.891 bits per heavy atom. The zero-order valence-electron chi connectivity index (χ0n) is 32.3. The second kappa shape index (κ2) is 18.2. The van der Waals surface area contributed by atoms with Crippen molar-refractivity contribution in [3.8, 4) is 22.9 Å². The molecule has 1 fully saturated rings. The van der Waals surface area contributed by atoms with Gasteiger partial charge in [-0.15, -0.1) is 0 Å². The molecule has 55 heavy (non-hydrogen) atoms. The molecule has 3 aromatic carbocycles. The van der Waals surface area contributed by atoms with Gasteiger partial charge in [0.25, 0.3) is 5.56 Å². The number of carbonyl (C=O) groups excluding carboxylic acids is 1. The number of amides is 2. The number of nitrogens with zero attached hydrogens (tertiary/aromatic N) is 3. The number of nitrogens with one attached hydrogen (secondary N) is 2. The van der Waals surface area contributed by atoms with Crippen LogP contribution in [0.2, 0.25) is 0 Å². The van der Waals surface area contributed by atoms with Crippen LogP contribution in [-0.4, -0.2) is 53.6 Å². The van der Waals surface area contributed by atoms with Crippen molar-refractivity contribution >= 4 is 11.8 Å². The van der Waals surface area contributed by atoms with E-state index < -0.39 is 0 Å². The normalized spacial score (nSPS) is 14.3. The molecule has 2 aromatic heterocycles. The summed E-state index contributed by atoms with van der Waals surface area (Å²) in [4.78, 5) is 26.5. The van der Waals surface area contributed by atoms with E-state index in [0.717, 1.165) is 65.4 Å². The molecule has 1 aliphatic rings. The molecule has 12 heteroatoms. The zero-order chi connectivity index (χ0) is 38.8. The van der Waals surface area contributed by atoms with Crippen molar-refractivity contribution in [1.29, 1.82) is 0 Å². The third-order valence-electron chi connectivity index (χ3n) is 9.31. The van der Waals surface area contributed by atoms with Gasteiger partial charge in [0.2, 0.25) is 0 Å². The van der Waals surface area contributed by atoms with Crippen LogP contribution in [0.4, 0.5) is 10.6 Å². The largest absolute Gasteiger partial charge is 0.497 e. The lowest BCUT2D eigenvalue weighted by Crippen LogP contribution is -2.29. The van der Waals surface area contributed by atoms with Crippen LogP contribution in [0.5, 0.6) is 17.2 Å². The second-order valence-electron chi connectivity index (χ2n) is 14.6. The summed E-state index contributed by atoms with van der Waals surface area (Å²) in [5, 5.41) is 10.9. The van der Waals surface area contributed by atoms with Crippen LogP contribution >= 0.6 is 0 Å². The maximum absolute atomic E-state index is 13.4. The van der Waals surface area contributed by atoms with Gasteiger partial charge in [0.1, 0.15) is 36.3 Å². The predicted molar refractivity (Wildman–Crippen MR) is 211 cm³/mol. The number of aromatic nitrogens is 3. The number of benzene rings is 3. The van der Waals surface area contributed by atoms with Crippen LogP contribution in [0.15, 0.2) is 95.8 Å². The topological polar surface area (TPSA) is 127 Å². The van der Waals surface area contributed by atoms with Gasteiger partial charge in [0.15, 0.2) is 6.29 Å². The van der Waals surface area contributed by atoms with Gasteiger partial charge in [-0.25, -0.2) is 9.48 Å².